The van der Waals surface area contributed by atoms with Gasteiger partial charge in [-0.2, -0.15) is 0 Å². The third kappa shape index (κ3) is 1.57. The third-order valence-electron chi connectivity index (χ3n) is 3.04. The number of rotatable bonds is 2. The van der Waals surface area contributed by atoms with Crippen LogP contribution >= 0.6 is 0 Å². The van der Waals surface area contributed by atoms with Crippen LogP contribution in [0.4, 0.5) is 4.39 Å². The van der Waals surface area contributed by atoms with Gasteiger partial charge in [0, 0.05) is 6.42 Å². The van der Waals surface area contributed by atoms with Crippen molar-refractivity contribution in [1.29, 1.82) is 0 Å². The number of hydrogen-bond acceptors (Lipinski definition) is 3. The van der Waals surface area contributed by atoms with E-state index < -0.39 is 12.1 Å². The average Bonchev–Trinajstić information content (AvgIpc) is 2.92. The molecule has 3 rings (SSSR count). The van der Waals surface area contributed by atoms with Crippen LogP contribution in [0.5, 0.6) is 0 Å². The first-order chi connectivity index (χ1) is 8.66. The number of nitrogens with zero attached hydrogens (tertiary/aromatic N) is 3. The lowest BCUT2D eigenvalue weighted by molar-refractivity contribution is 0.0682. The Labute approximate surface area is 102 Å². The van der Waals surface area contributed by atoms with Crippen LogP contribution in [-0.2, 0) is 0 Å². The summed E-state index contributed by atoms with van der Waals surface area (Å²) in [5.41, 5.74) is 0.903. The fourth-order valence-corrected chi connectivity index (χ4v) is 2.22. The van der Waals surface area contributed by atoms with Crippen LogP contribution in [0, 0.1) is 0 Å². The Morgan fingerprint density at radius 2 is 2.11 bits per heavy atom. The molecule has 0 radical (unpaired) electrons. The zero-order chi connectivity index (χ0) is 12.7. The largest absolute Gasteiger partial charge is 0.475 e. The first-order valence-corrected chi connectivity index (χ1v) is 5.55. The van der Waals surface area contributed by atoms with Crippen molar-refractivity contribution in [3.8, 4) is 0 Å². The maximum atomic E-state index is 13.8. The standard InChI is InChI=1S/C12H10FN3O2/c13-8-6-9(7-4-2-1-3-5-7)16-11(8)14-10(15-16)12(17)18/h1-5,8-9H,6H2,(H,17,18)/t8-,9+/m1/s1. The number of benzene rings is 1. The lowest BCUT2D eigenvalue weighted by Crippen LogP contribution is -2.09. The number of hydrogen-bond donors (Lipinski definition) is 1. The van der Waals surface area contributed by atoms with E-state index in [0.29, 0.717) is 0 Å². The predicted molar refractivity (Wildman–Crippen MR) is 60.0 cm³/mol. The molecule has 6 heteroatoms. The highest BCUT2D eigenvalue weighted by atomic mass is 19.1. The summed E-state index contributed by atoms with van der Waals surface area (Å²) in [6.07, 6.45) is -1.02. The van der Waals surface area contributed by atoms with E-state index in [1.807, 2.05) is 30.3 Å². The molecule has 1 aliphatic heterocycles. The molecule has 92 valence electrons. The molecule has 18 heavy (non-hydrogen) atoms. The zero-order valence-electron chi connectivity index (χ0n) is 9.32. The monoisotopic (exact) mass is 247 g/mol. The number of aromatic carboxylic acids is 1. The van der Waals surface area contributed by atoms with Crippen LogP contribution in [0.25, 0.3) is 0 Å². The summed E-state index contributed by atoms with van der Waals surface area (Å²) in [5, 5.41) is 12.7. The van der Waals surface area contributed by atoms with Gasteiger partial charge in [-0.05, 0) is 5.56 Å². The van der Waals surface area contributed by atoms with Gasteiger partial charge >= 0.3 is 5.97 Å². The molecule has 5 nitrogen and oxygen atoms in total. The Balaban J connectivity index is 2.05. The summed E-state index contributed by atoms with van der Waals surface area (Å²) < 4.78 is 15.2. The molecule has 0 saturated heterocycles. The molecule has 0 spiro atoms. The second kappa shape index (κ2) is 3.90. The van der Waals surface area contributed by atoms with Gasteiger partial charge in [0.2, 0.25) is 0 Å². The molecule has 1 aromatic heterocycles. The minimum absolute atomic E-state index is 0.0984. The van der Waals surface area contributed by atoms with Gasteiger partial charge in [0.1, 0.15) is 0 Å². The highest BCUT2D eigenvalue weighted by Crippen LogP contribution is 2.39. The SMILES string of the molecule is O=C(O)c1nc2n(n1)[C@H](c1ccccc1)C[C@H]2F. The maximum absolute atomic E-state index is 13.8. The Bertz CT molecular complexity index is 597. The van der Waals surface area contributed by atoms with E-state index in [1.54, 1.807) is 0 Å². The predicted octanol–water partition coefficient (Wildman–Crippen LogP) is 1.98. The lowest BCUT2D eigenvalue weighted by Gasteiger charge is -2.10. The highest BCUT2D eigenvalue weighted by Gasteiger charge is 2.36. The minimum Gasteiger partial charge on any atom is -0.475 e. The van der Waals surface area contributed by atoms with Crippen LogP contribution < -0.4 is 0 Å². The first-order valence-electron chi connectivity index (χ1n) is 5.55. The van der Waals surface area contributed by atoms with Crippen molar-refractivity contribution in [2.45, 2.75) is 18.6 Å². The Morgan fingerprint density at radius 3 is 2.78 bits per heavy atom. The molecule has 1 N–H and O–H groups in total. The third-order valence-corrected chi connectivity index (χ3v) is 3.04. The summed E-state index contributed by atoms with van der Waals surface area (Å²) in [6.45, 7) is 0. The van der Waals surface area contributed by atoms with Crippen LogP contribution in [0.1, 0.15) is 40.6 Å². The number of halogens is 1. The fourth-order valence-electron chi connectivity index (χ4n) is 2.22. The first kappa shape index (κ1) is 10.9. The topological polar surface area (TPSA) is 68.0 Å². The molecule has 2 atom stereocenters. The molecule has 0 amide bonds. The number of carboxylic acids is 1. The number of carboxylic acid groups (broad SMARTS) is 1. The number of aromatic nitrogens is 3. The van der Waals surface area contributed by atoms with Gasteiger partial charge in [0.25, 0.3) is 5.82 Å². The van der Waals surface area contributed by atoms with Crippen molar-refractivity contribution in [2.75, 3.05) is 0 Å². The van der Waals surface area contributed by atoms with Crippen molar-refractivity contribution >= 4 is 5.97 Å². The second-order valence-electron chi connectivity index (χ2n) is 4.17. The quantitative estimate of drug-likeness (QED) is 0.881. The van der Waals surface area contributed by atoms with E-state index in [1.165, 1.54) is 4.68 Å². The summed E-state index contributed by atoms with van der Waals surface area (Å²) >= 11 is 0. The fraction of sp³-hybridized carbons (Fsp3) is 0.250. The van der Waals surface area contributed by atoms with Gasteiger partial charge in [-0.25, -0.2) is 18.9 Å². The smallest absolute Gasteiger partial charge is 0.375 e. The van der Waals surface area contributed by atoms with Gasteiger partial charge in [0.15, 0.2) is 12.0 Å². The summed E-state index contributed by atoms with van der Waals surface area (Å²) in [4.78, 5) is 14.5. The second-order valence-corrected chi connectivity index (χ2v) is 4.17. The van der Waals surface area contributed by atoms with Gasteiger partial charge in [-0.15, -0.1) is 5.10 Å². The Morgan fingerprint density at radius 1 is 1.39 bits per heavy atom. The van der Waals surface area contributed by atoms with Crippen molar-refractivity contribution in [3.05, 3.63) is 47.5 Å². The molecule has 2 aromatic rings. The number of alkyl halides is 1. The van der Waals surface area contributed by atoms with Crippen molar-refractivity contribution < 1.29 is 14.3 Å². The van der Waals surface area contributed by atoms with Crippen molar-refractivity contribution in [3.63, 3.8) is 0 Å². The molecule has 0 fully saturated rings. The van der Waals surface area contributed by atoms with Crippen molar-refractivity contribution in [2.24, 2.45) is 0 Å². The molecule has 0 unspecified atom stereocenters. The van der Waals surface area contributed by atoms with Crippen LogP contribution in [0.3, 0.4) is 0 Å². The molecule has 0 bridgehead atoms. The van der Waals surface area contributed by atoms with Gasteiger partial charge in [0.05, 0.1) is 6.04 Å². The molecule has 1 aliphatic rings. The summed E-state index contributed by atoms with van der Waals surface area (Å²) in [7, 11) is 0. The van der Waals surface area contributed by atoms with E-state index in [4.69, 9.17) is 5.11 Å². The average molecular weight is 247 g/mol. The van der Waals surface area contributed by atoms with Crippen LogP contribution in [-0.4, -0.2) is 25.8 Å². The molecule has 2 heterocycles. The molecular weight excluding hydrogens is 237 g/mol. The molecular formula is C12H10FN3O2. The molecule has 0 aliphatic carbocycles. The molecule has 0 saturated carbocycles. The van der Waals surface area contributed by atoms with Gasteiger partial charge < -0.3 is 5.11 Å². The maximum Gasteiger partial charge on any atom is 0.375 e. The Kier molecular flexibility index (Phi) is 2.36. The lowest BCUT2D eigenvalue weighted by atomic mass is 10.0. The zero-order valence-corrected chi connectivity index (χ0v) is 9.32. The van der Waals surface area contributed by atoms with Crippen molar-refractivity contribution in [1.82, 2.24) is 14.8 Å². The van der Waals surface area contributed by atoms with E-state index in [-0.39, 0.29) is 24.1 Å². The number of fused-ring (bicyclic) bond motifs is 1. The van der Waals surface area contributed by atoms with Crippen LogP contribution in [0.15, 0.2) is 30.3 Å². The highest BCUT2D eigenvalue weighted by molar-refractivity contribution is 5.82. The summed E-state index contributed by atoms with van der Waals surface area (Å²) in [6, 6.07) is 9.04. The number of carbonyl (C=O) groups is 1. The van der Waals surface area contributed by atoms with E-state index in [0.717, 1.165) is 5.56 Å². The van der Waals surface area contributed by atoms with Gasteiger partial charge in [-0.1, -0.05) is 30.3 Å². The van der Waals surface area contributed by atoms with Gasteiger partial charge in [-0.3, -0.25) is 0 Å². The van der Waals surface area contributed by atoms with E-state index in [2.05, 4.69) is 10.1 Å². The Hall–Kier alpha value is -2.24. The summed E-state index contributed by atoms with van der Waals surface area (Å²) in [5.74, 6) is -1.49. The molecule has 1 aromatic carbocycles. The van der Waals surface area contributed by atoms with E-state index >= 15 is 0 Å². The van der Waals surface area contributed by atoms with E-state index in [9.17, 15) is 9.18 Å². The minimum atomic E-state index is -1.27. The normalized spacial score (nSPS) is 21.8. The van der Waals surface area contributed by atoms with Crippen LogP contribution in [0.2, 0.25) is 0 Å².